The van der Waals surface area contributed by atoms with Crippen molar-refractivity contribution < 1.29 is 4.74 Å². The van der Waals surface area contributed by atoms with Crippen molar-refractivity contribution in [3.8, 4) is 0 Å². The second kappa shape index (κ2) is 3.45. The predicted octanol–water partition coefficient (Wildman–Crippen LogP) is 3.30. The summed E-state index contributed by atoms with van der Waals surface area (Å²) < 4.78 is 5.99. The van der Waals surface area contributed by atoms with E-state index in [1.54, 1.807) is 5.57 Å². The van der Waals surface area contributed by atoms with Gasteiger partial charge in [-0.3, -0.25) is 0 Å². The maximum Gasteiger partial charge on any atom is 0.0891 e. The van der Waals surface area contributed by atoms with E-state index in [1.807, 2.05) is 0 Å². The van der Waals surface area contributed by atoms with Gasteiger partial charge in [-0.2, -0.15) is 0 Å². The first-order valence-corrected chi connectivity index (χ1v) is 5.60. The fourth-order valence-electron chi connectivity index (χ4n) is 3.06. The molecule has 0 aliphatic heterocycles. The van der Waals surface area contributed by atoms with E-state index in [0.29, 0.717) is 0 Å². The van der Waals surface area contributed by atoms with Crippen LogP contribution in [0.2, 0.25) is 0 Å². The summed E-state index contributed by atoms with van der Waals surface area (Å²) in [5.74, 6) is 0.966. The first-order valence-electron chi connectivity index (χ1n) is 5.60. The predicted molar refractivity (Wildman–Crippen MR) is 54.7 cm³/mol. The highest BCUT2D eigenvalue weighted by atomic mass is 16.5. The van der Waals surface area contributed by atoms with Crippen LogP contribution in [0.1, 0.15) is 46.0 Å². The lowest BCUT2D eigenvalue weighted by atomic mass is 9.64. The van der Waals surface area contributed by atoms with E-state index in [-0.39, 0.29) is 5.60 Å². The molecule has 2 bridgehead atoms. The standard InChI is InChI=1S/C12H20O/c1-3-11-9-10-5-7-12(11,8-6-10)13-4-2/h3,10H,4-9H2,1-2H3/b11-3-. The van der Waals surface area contributed by atoms with E-state index in [1.165, 1.54) is 32.1 Å². The van der Waals surface area contributed by atoms with E-state index in [4.69, 9.17) is 4.74 Å². The van der Waals surface area contributed by atoms with Crippen molar-refractivity contribution in [2.75, 3.05) is 6.61 Å². The molecule has 1 nitrogen and oxygen atoms in total. The molecule has 1 heteroatoms. The number of rotatable bonds is 2. The lowest BCUT2D eigenvalue weighted by Gasteiger charge is -2.48. The van der Waals surface area contributed by atoms with Crippen LogP contribution in [0.15, 0.2) is 11.6 Å². The van der Waals surface area contributed by atoms with Gasteiger partial charge in [0.15, 0.2) is 0 Å². The second-order valence-corrected chi connectivity index (χ2v) is 4.39. The van der Waals surface area contributed by atoms with Crippen LogP contribution in [0.4, 0.5) is 0 Å². The van der Waals surface area contributed by atoms with Gasteiger partial charge in [0.1, 0.15) is 0 Å². The van der Waals surface area contributed by atoms with Crippen molar-refractivity contribution in [1.29, 1.82) is 0 Å². The molecule has 74 valence electrons. The molecule has 3 aliphatic rings. The van der Waals surface area contributed by atoms with E-state index in [9.17, 15) is 0 Å². The van der Waals surface area contributed by atoms with Crippen molar-refractivity contribution in [2.24, 2.45) is 5.92 Å². The summed E-state index contributed by atoms with van der Waals surface area (Å²) in [5, 5.41) is 0. The molecule has 0 aromatic heterocycles. The maximum absolute atomic E-state index is 5.99. The summed E-state index contributed by atoms with van der Waals surface area (Å²) in [5.41, 5.74) is 1.75. The average Bonchev–Trinajstić information content (AvgIpc) is 2.19. The molecule has 3 aliphatic carbocycles. The molecule has 0 aromatic carbocycles. The van der Waals surface area contributed by atoms with Gasteiger partial charge in [-0.15, -0.1) is 0 Å². The van der Waals surface area contributed by atoms with E-state index >= 15 is 0 Å². The molecule has 0 saturated heterocycles. The Balaban J connectivity index is 2.20. The summed E-state index contributed by atoms with van der Waals surface area (Å²) in [4.78, 5) is 0. The highest BCUT2D eigenvalue weighted by Crippen LogP contribution is 2.49. The van der Waals surface area contributed by atoms with Gasteiger partial charge in [0.2, 0.25) is 0 Å². The highest BCUT2D eigenvalue weighted by molar-refractivity contribution is 5.23. The number of hydrogen-bond acceptors (Lipinski definition) is 1. The summed E-state index contributed by atoms with van der Waals surface area (Å²) >= 11 is 0. The zero-order valence-electron chi connectivity index (χ0n) is 8.81. The van der Waals surface area contributed by atoms with Crippen LogP contribution in [0.5, 0.6) is 0 Å². The Morgan fingerprint density at radius 1 is 1.46 bits per heavy atom. The zero-order valence-corrected chi connectivity index (χ0v) is 8.81. The van der Waals surface area contributed by atoms with E-state index in [0.717, 1.165) is 12.5 Å². The Hall–Kier alpha value is -0.300. The molecule has 0 radical (unpaired) electrons. The van der Waals surface area contributed by atoms with Crippen molar-refractivity contribution in [3.63, 3.8) is 0 Å². The van der Waals surface area contributed by atoms with E-state index < -0.39 is 0 Å². The molecule has 13 heavy (non-hydrogen) atoms. The molecule has 3 fully saturated rings. The van der Waals surface area contributed by atoms with Crippen LogP contribution in [0.3, 0.4) is 0 Å². The molecule has 0 atom stereocenters. The SMILES string of the molecule is C/C=C1/CC2CCC1(OCC)CC2. The largest absolute Gasteiger partial charge is 0.371 e. The molecule has 0 heterocycles. The van der Waals surface area contributed by atoms with Crippen LogP contribution in [-0.2, 0) is 4.74 Å². The number of fused-ring (bicyclic) bond motifs is 3. The normalized spacial score (nSPS) is 41.4. The molecule has 3 saturated carbocycles. The molecular weight excluding hydrogens is 160 g/mol. The molecule has 3 rings (SSSR count). The quantitative estimate of drug-likeness (QED) is 0.592. The summed E-state index contributed by atoms with van der Waals surface area (Å²) in [7, 11) is 0. The Labute approximate surface area is 81.2 Å². The van der Waals surface area contributed by atoms with Gasteiger partial charge in [0.05, 0.1) is 5.60 Å². The molecule has 0 spiro atoms. The Bertz CT molecular complexity index is 204. The summed E-state index contributed by atoms with van der Waals surface area (Å²) in [6, 6.07) is 0. The molecular formula is C12H20O. The maximum atomic E-state index is 5.99. The first-order chi connectivity index (χ1) is 6.30. The highest BCUT2D eigenvalue weighted by Gasteiger charge is 2.44. The van der Waals surface area contributed by atoms with Crippen molar-refractivity contribution in [2.45, 2.75) is 51.6 Å². The van der Waals surface area contributed by atoms with Crippen LogP contribution in [0.25, 0.3) is 0 Å². The molecule has 0 aromatic rings. The Morgan fingerprint density at radius 2 is 2.15 bits per heavy atom. The van der Waals surface area contributed by atoms with Gasteiger partial charge in [0, 0.05) is 6.61 Å². The van der Waals surface area contributed by atoms with Crippen molar-refractivity contribution in [3.05, 3.63) is 11.6 Å². The second-order valence-electron chi connectivity index (χ2n) is 4.39. The smallest absolute Gasteiger partial charge is 0.0891 e. The third-order valence-electron chi connectivity index (χ3n) is 3.78. The van der Waals surface area contributed by atoms with Gasteiger partial charge >= 0.3 is 0 Å². The molecule has 0 unspecified atom stereocenters. The fourth-order valence-corrected chi connectivity index (χ4v) is 3.06. The van der Waals surface area contributed by atoms with Crippen LogP contribution >= 0.6 is 0 Å². The van der Waals surface area contributed by atoms with Gasteiger partial charge in [-0.05, 0) is 57.4 Å². The van der Waals surface area contributed by atoms with Gasteiger partial charge in [-0.25, -0.2) is 0 Å². The third kappa shape index (κ3) is 1.43. The van der Waals surface area contributed by atoms with Crippen molar-refractivity contribution >= 4 is 0 Å². The third-order valence-corrected chi connectivity index (χ3v) is 3.78. The number of ether oxygens (including phenoxy) is 1. The van der Waals surface area contributed by atoms with Gasteiger partial charge in [0.25, 0.3) is 0 Å². The number of allylic oxidation sites excluding steroid dienone is 1. The average molecular weight is 180 g/mol. The Morgan fingerprint density at radius 3 is 2.69 bits per heavy atom. The Kier molecular flexibility index (Phi) is 2.46. The van der Waals surface area contributed by atoms with Crippen LogP contribution < -0.4 is 0 Å². The minimum Gasteiger partial charge on any atom is -0.371 e. The van der Waals surface area contributed by atoms with Crippen LogP contribution in [-0.4, -0.2) is 12.2 Å². The fraction of sp³-hybridized carbons (Fsp3) is 0.833. The minimum atomic E-state index is 0.165. The summed E-state index contributed by atoms with van der Waals surface area (Å²) in [6.07, 6.45) is 8.91. The first kappa shape index (κ1) is 9.26. The van der Waals surface area contributed by atoms with Gasteiger partial charge in [-0.1, -0.05) is 6.08 Å². The monoisotopic (exact) mass is 180 g/mol. The van der Waals surface area contributed by atoms with E-state index in [2.05, 4.69) is 19.9 Å². The lowest BCUT2D eigenvalue weighted by Crippen LogP contribution is -2.44. The minimum absolute atomic E-state index is 0.165. The molecule has 0 amide bonds. The number of hydrogen-bond donors (Lipinski definition) is 0. The summed E-state index contributed by atoms with van der Waals surface area (Å²) in [6.45, 7) is 5.14. The zero-order chi connectivity index (χ0) is 9.31. The van der Waals surface area contributed by atoms with Crippen LogP contribution in [0, 0.1) is 5.92 Å². The van der Waals surface area contributed by atoms with Crippen molar-refractivity contribution in [1.82, 2.24) is 0 Å². The molecule has 0 N–H and O–H groups in total. The van der Waals surface area contributed by atoms with Gasteiger partial charge < -0.3 is 4.74 Å². The topological polar surface area (TPSA) is 9.23 Å². The lowest BCUT2D eigenvalue weighted by molar-refractivity contribution is -0.0668.